The Balaban J connectivity index is 2.50. The van der Waals surface area contributed by atoms with Gasteiger partial charge >= 0.3 is 5.97 Å². The van der Waals surface area contributed by atoms with Gasteiger partial charge in [-0.3, -0.25) is 0 Å². The molecule has 0 aliphatic rings. The maximum Gasteiger partial charge on any atom is 0.339 e. The first kappa shape index (κ1) is 13.0. The molecule has 0 saturated carbocycles. The van der Waals surface area contributed by atoms with E-state index in [2.05, 4.69) is 15.3 Å². The summed E-state index contributed by atoms with van der Waals surface area (Å²) in [6.07, 6.45) is 0. The number of thiophene rings is 1. The molecule has 2 aromatic rings. The lowest BCUT2D eigenvalue weighted by Gasteiger charge is -2.04. The minimum Gasteiger partial charge on any atom is -0.462 e. The molecule has 0 saturated heterocycles. The molecular formula is C11H12ClN3O2S. The van der Waals surface area contributed by atoms with E-state index in [0.717, 1.165) is 0 Å². The van der Waals surface area contributed by atoms with Gasteiger partial charge in [0.2, 0.25) is 5.95 Å². The lowest BCUT2D eigenvalue weighted by atomic mass is 10.2. The molecule has 2 heterocycles. The molecule has 0 spiro atoms. The van der Waals surface area contributed by atoms with E-state index >= 15 is 0 Å². The minimum atomic E-state index is -0.398. The quantitative estimate of drug-likeness (QED) is 0.691. The number of ether oxygens (including phenoxy) is 1. The molecule has 5 nitrogen and oxygen atoms in total. The predicted octanol–water partition coefficient (Wildman–Crippen LogP) is 2.95. The van der Waals surface area contributed by atoms with E-state index in [9.17, 15) is 4.79 Å². The number of carbonyl (C=O) groups is 1. The smallest absolute Gasteiger partial charge is 0.339 e. The van der Waals surface area contributed by atoms with Gasteiger partial charge in [0.05, 0.1) is 17.6 Å². The number of hydrogen-bond acceptors (Lipinski definition) is 6. The predicted molar refractivity (Wildman–Crippen MR) is 72.5 cm³/mol. The van der Waals surface area contributed by atoms with Crippen LogP contribution in [0.4, 0.5) is 5.95 Å². The summed E-state index contributed by atoms with van der Waals surface area (Å²) in [7, 11) is 0. The first-order valence-corrected chi connectivity index (χ1v) is 6.78. The molecule has 0 unspecified atom stereocenters. The summed E-state index contributed by atoms with van der Waals surface area (Å²) in [4.78, 5) is 20.8. The van der Waals surface area contributed by atoms with Crippen molar-refractivity contribution in [2.24, 2.45) is 0 Å². The average molecular weight is 286 g/mol. The Morgan fingerprint density at radius 2 is 2.28 bits per heavy atom. The maximum absolute atomic E-state index is 11.7. The normalized spacial score (nSPS) is 10.6. The van der Waals surface area contributed by atoms with Crippen LogP contribution in [-0.2, 0) is 4.74 Å². The minimum absolute atomic E-state index is 0.264. The van der Waals surface area contributed by atoms with Crippen LogP contribution in [0.2, 0.25) is 5.15 Å². The maximum atomic E-state index is 11.7. The van der Waals surface area contributed by atoms with Crippen LogP contribution in [0.15, 0.2) is 5.38 Å². The Kier molecular flexibility index (Phi) is 3.98. The van der Waals surface area contributed by atoms with Crippen molar-refractivity contribution in [1.29, 1.82) is 0 Å². The van der Waals surface area contributed by atoms with E-state index in [1.807, 2.05) is 6.92 Å². The fourth-order valence-electron chi connectivity index (χ4n) is 1.50. The van der Waals surface area contributed by atoms with Gasteiger partial charge in [0.15, 0.2) is 0 Å². The summed E-state index contributed by atoms with van der Waals surface area (Å²) in [5.41, 5.74) is 0.421. The molecule has 0 amide bonds. The van der Waals surface area contributed by atoms with E-state index in [1.54, 1.807) is 12.3 Å². The van der Waals surface area contributed by atoms with Crippen molar-refractivity contribution in [1.82, 2.24) is 9.97 Å². The molecule has 96 valence electrons. The van der Waals surface area contributed by atoms with Gasteiger partial charge < -0.3 is 10.1 Å². The molecule has 0 radical (unpaired) electrons. The standard InChI is InChI=1S/C11H12ClN3O2S/c1-3-13-11-14-8(12)7-6(10(16)17-4-2)5-18-9(7)15-11/h5H,3-4H2,1-2H3,(H,13,14,15). The molecule has 2 rings (SSSR count). The van der Waals surface area contributed by atoms with Gasteiger partial charge in [0.1, 0.15) is 9.98 Å². The van der Waals surface area contributed by atoms with Crippen molar-refractivity contribution in [3.05, 3.63) is 16.1 Å². The Labute approximate surface area is 113 Å². The van der Waals surface area contributed by atoms with Crippen molar-refractivity contribution in [3.8, 4) is 0 Å². The van der Waals surface area contributed by atoms with Gasteiger partial charge in [-0.2, -0.15) is 0 Å². The third-order valence-corrected chi connectivity index (χ3v) is 3.37. The second-order valence-electron chi connectivity index (χ2n) is 3.42. The Morgan fingerprint density at radius 3 is 2.94 bits per heavy atom. The van der Waals surface area contributed by atoms with Crippen molar-refractivity contribution in [3.63, 3.8) is 0 Å². The number of nitrogens with zero attached hydrogens (tertiary/aromatic N) is 2. The van der Waals surface area contributed by atoms with Gasteiger partial charge in [0.25, 0.3) is 0 Å². The second-order valence-corrected chi connectivity index (χ2v) is 4.63. The van der Waals surface area contributed by atoms with Crippen molar-refractivity contribution in [2.75, 3.05) is 18.5 Å². The fraction of sp³-hybridized carbons (Fsp3) is 0.364. The van der Waals surface area contributed by atoms with E-state index < -0.39 is 5.97 Å². The number of aromatic nitrogens is 2. The van der Waals surface area contributed by atoms with Crippen LogP contribution in [-0.4, -0.2) is 29.1 Å². The summed E-state index contributed by atoms with van der Waals surface area (Å²) in [6, 6.07) is 0. The highest BCUT2D eigenvalue weighted by Crippen LogP contribution is 2.31. The number of anilines is 1. The van der Waals surface area contributed by atoms with Gasteiger partial charge in [-0.15, -0.1) is 11.3 Å². The summed E-state index contributed by atoms with van der Waals surface area (Å²) < 4.78 is 4.97. The molecule has 0 fully saturated rings. The molecule has 0 aliphatic heterocycles. The monoisotopic (exact) mass is 285 g/mol. The molecule has 2 aromatic heterocycles. The van der Waals surface area contributed by atoms with Crippen LogP contribution < -0.4 is 5.32 Å². The summed E-state index contributed by atoms with van der Waals surface area (Å²) in [5.74, 6) is 0.0673. The summed E-state index contributed by atoms with van der Waals surface area (Å²) in [5, 5.41) is 5.50. The zero-order valence-corrected chi connectivity index (χ0v) is 11.6. The molecule has 1 N–H and O–H groups in total. The lowest BCUT2D eigenvalue weighted by Crippen LogP contribution is -2.05. The largest absolute Gasteiger partial charge is 0.462 e. The molecule has 0 aliphatic carbocycles. The van der Waals surface area contributed by atoms with Gasteiger partial charge in [-0.05, 0) is 13.8 Å². The highest BCUT2D eigenvalue weighted by atomic mass is 35.5. The summed E-state index contributed by atoms with van der Waals surface area (Å²) >= 11 is 7.44. The van der Waals surface area contributed by atoms with E-state index in [4.69, 9.17) is 16.3 Å². The number of hydrogen-bond donors (Lipinski definition) is 1. The highest BCUT2D eigenvalue weighted by molar-refractivity contribution is 7.17. The van der Waals surface area contributed by atoms with Gasteiger partial charge in [-0.25, -0.2) is 14.8 Å². The molecule has 0 atom stereocenters. The van der Waals surface area contributed by atoms with Crippen LogP contribution >= 0.6 is 22.9 Å². The first-order chi connectivity index (χ1) is 8.67. The Bertz CT molecular complexity index is 585. The number of halogens is 1. The van der Waals surface area contributed by atoms with Crippen LogP contribution in [0, 0.1) is 0 Å². The van der Waals surface area contributed by atoms with Crippen molar-refractivity contribution in [2.45, 2.75) is 13.8 Å². The van der Waals surface area contributed by atoms with Crippen LogP contribution in [0.5, 0.6) is 0 Å². The third kappa shape index (κ3) is 2.39. The third-order valence-electron chi connectivity index (χ3n) is 2.22. The fourth-order valence-corrected chi connectivity index (χ4v) is 2.73. The molecule has 18 heavy (non-hydrogen) atoms. The molecule has 7 heteroatoms. The number of esters is 1. The number of nitrogens with one attached hydrogen (secondary N) is 1. The number of fused-ring (bicyclic) bond motifs is 1. The van der Waals surface area contributed by atoms with Crippen molar-refractivity contribution < 1.29 is 9.53 Å². The molecule has 0 aromatic carbocycles. The van der Waals surface area contributed by atoms with E-state index in [1.165, 1.54) is 11.3 Å². The molecular weight excluding hydrogens is 274 g/mol. The first-order valence-electron chi connectivity index (χ1n) is 5.53. The van der Waals surface area contributed by atoms with Crippen LogP contribution in [0.25, 0.3) is 10.2 Å². The Hall–Kier alpha value is -1.40. The van der Waals surface area contributed by atoms with Crippen molar-refractivity contribution >= 4 is 45.1 Å². The van der Waals surface area contributed by atoms with Gasteiger partial charge in [0, 0.05) is 11.9 Å². The zero-order valence-electron chi connectivity index (χ0n) is 9.99. The Morgan fingerprint density at radius 1 is 1.50 bits per heavy atom. The topological polar surface area (TPSA) is 64.1 Å². The number of rotatable bonds is 4. The van der Waals surface area contributed by atoms with E-state index in [0.29, 0.717) is 34.9 Å². The number of carbonyl (C=O) groups excluding carboxylic acids is 1. The van der Waals surface area contributed by atoms with Crippen LogP contribution in [0.3, 0.4) is 0 Å². The van der Waals surface area contributed by atoms with Gasteiger partial charge in [-0.1, -0.05) is 11.6 Å². The SMILES string of the molecule is CCNc1nc(Cl)c2c(C(=O)OCC)csc2n1. The highest BCUT2D eigenvalue weighted by Gasteiger charge is 2.18. The second kappa shape index (κ2) is 5.49. The zero-order chi connectivity index (χ0) is 13.1. The molecule has 0 bridgehead atoms. The average Bonchev–Trinajstić information content (AvgIpc) is 2.74. The van der Waals surface area contributed by atoms with Crippen LogP contribution in [0.1, 0.15) is 24.2 Å². The lowest BCUT2D eigenvalue weighted by molar-refractivity contribution is 0.0529. The summed E-state index contributed by atoms with van der Waals surface area (Å²) in [6.45, 7) is 4.73. The van der Waals surface area contributed by atoms with E-state index in [-0.39, 0.29) is 5.15 Å².